The summed E-state index contributed by atoms with van der Waals surface area (Å²) in [5, 5.41) is 4.12. The molecule has 2 aromatic rings. The molecule has 2 atom stereocenters. The second-order valence-corrected chi connectivity index (χ2v) is 10.7. The van der Waals surface area contributed by atoms with Crippen molar-refractivity contribution < 1.29 is 19.1 Å². The van der Waals surface area contributed by atoms with Crippen molar-refractivity contribution >= 4 is 23.4 Å². The zero-order chi connectivity index (χ0) is 25.9. The predicted octanol–water partition coefficient (Wildman–Crippen LogP) is 6.98. The van der Waals surface area contributed by atoms with Crippen LogP contribution in [0.5, 0.6) is 5.75 Å². The molecule has 1 heterocycles. The first kappa shape index (κ1) is 25.6. The summed E-state index contributed by atoms with van der Waals surface area (Å²) >= 11 is 6.09. The fraction of sp³-hybridized carbons (Fsp3) is 0.419. The van der Waals surface area contributed by atoms with Crippen molar-refractivity contribution in [2.24, 2.45) is 0 Å². The highest BCUT2D eigenvalue weighted by molar-refractivity contribution is 6.30. The number of nitrogens with one attached hydrogen (secondary N) is 1. The van der Waals surface area contributed by atoms with Crippen molar-refractivity contribution in [1.29, 1.82) is 0 Å². The van der Waals surface area contributed by atoms with Gasteiger partial charge in [-0.3, -0.25) is 4.79 Å². The molecule has 3 aliphatic rings. The molecule has 0 amide bonds. The van der Waals surface area contributed by atoms with E-state index in [1.54, 1.807) is 0 Å². The van der Waals surface area contributed by atoms with E-state index >= 15 is 0 Å². The fourth-order valence-electron chi connectivity index (χ4n) is 5.81. The number of hydrogen-bond acceptors (Lipinski definition) is 5. The molecule has 1 saturated carbocycles. The molecular weight excluding hydrogens is 486 g/mol. The molecule has 5 rings (SSSR count). The lowest BCUT2D eigenvalue weighted by Crippen LogP contribution is -2.36. The average Bonchev–Trinajstić information content (AvgIpc) is 3.40. The Bertz CT molecular complexity index is 1220. The second-order valence-electron chi connectivity index (χ2n) is 10.3. The number of rotatable bonds is 7. The summed E-state index contributed by atoms with van der Waals surface area (Å²) in [5.74, 6) is 0.101. The third-order valence-corrected chi connectivity index (χ3v) is 7.90. The lowest BCUT2D eigenvalue weighted by Gasteiger charge is -2.37. The SMILES string of the molecule is CCCOc1ccc(C2C(C(=O)OC3CCCC3)=C(C)NC3=C2C(=O)CC(c2ccc(Cl)cc2)C3)cc1. The van der Waals surface area contributed by atoms with Crippen molar-refractivity contribution in [3.8, 4) is 5.75 Å². The van der Waals surface area contributed by atoms with Gasteiger partial charge >= 0.3 is 5.97 Å². The Hall–Kier alpha value is -3.05. The molecule has 5 nitrogen and oxygen atoms in total. The number of ether oxygens (including phenoxy) is 2. The van der Waals surface area contributed by atoms with Gasteiger partial charge in [0.05, 0.1) is 12.2 Å². The fourth-order valence-corrected chi connectivity index (χ4v) is 5.94. The van der Waals surface area contributed by atoms with Crippen LogP contribution in [0.25, 0.3) is 0 Å². The number of allylic oxidation sites excluding steroid dienone is 3. The minimum absolute atomic E-state index is 0.0509. The Balaban J connectivity index is 1.51. The van der Waals surface area contributed by atoms with E-state index in [9.17, 15) is 9.59 Å². The summed E-state index contributed by atoms with van der Waals surface area (Å²) in [7, 11) is 0. The van der Waals surface area contributed by atoms with Gasteiger partial charge in [0.2, 0.25) is 0 Å². The monoisotopic (exact) mass is 519 g/mol. The van der Waals surface area contributed by atoms with E-state index in [1.807, 2.05) is 55.5 Å². The van der Waals surface area contributed by atoms with Crippen LogP contribution in [0.3, 0.4) is 0 Å². The maximum absolute atomic E-state index is 13.8. The highest BCUT2D eigenvalue weighted by atomic mass is 35.5. The Morgan fingerprint density at radius 3 is 2.35 bits per heavy atom. The summed E-state index contributed by atoms with van der Waals surface area (Å²) in [6.45, 7) is 4.63. The minimum Gasteiger partial charge on any atom is -0.494 e. The maximum atomic E-state index is 13.8. The van der Waals surface area contributed by atoms with Gasteiger partial charge in [-0.25, -0.2) is 4.79 Å². The molecule has 0 radical (unpaired) electrons. The Morgan fingerprint density at radius 1 is 1.00 bits per heavy atom. The summed E-state index contributed by atoms with van der Waals surface area (Å²) in [6, 6.07) is 15.5. The zero-order valence-corrected chi connectivity index (χ0v) is 22.3. The van der Waals surface area contributed by atoms with Gasteiger partial charge < -0.3 is 14.8 Å². The van der Waals surface area contributed by atoms with Crippen LogP contribution in [0, 0.1) is 0 Å². The summed E-state index contributed by atoms with van der Waals surface area (Å²) in [5.41, 5.74) is 4.84. The lowest BCUT2D eigenvalue weighted by molar-refractivity contribution is -0.144. The van der Waals surface area contributed by atoms with Gasteiger partial charge in [-0.2, -0.15) is 0 Å². The van der Waals surface area contributed by atoms with Crippen LogP contribution in [0.15, 0.2) is 71.1 Å². The molecular formula is C31H34ClNO4. The van der Waals surface area contributed by atoms with Crippen molar-refractivity contribution in [3.63, 3.8) is 0 Å². The molecule has 2 unspecified atom stereocenters. The van der Waals surface area contributed by atoms with Crippen molar-refractivity contribution in [2.45, 2.75) is 76.7 Å². The third kappa shape index (κ3) is 5.47. The Kier molecular flexibility index (Phi) is 7.71. The van der Waals surface area contributed by atoms with Crippen LogP contribution in [-0.4, -0.2) is 24.5 Å². The number of ketones is 1. The molecule has 1 N–H and O–H groups in total. The Morgan fingerprint density at radius 2 is 1.68 bits per heavy atom. The van der Waals surface area contributed by atoms with Crippen LogP contribution >= 0.6 is 11.6 Å². The maximum Gasteiger partial charge on any atom is 0.337 e. The molecule has 194 valence electrons. The van der Waals surface area contributed by atoms with Crippen molar-refractivity contribution in [3.05, 3.63) is 87.2 Å². The van der Waals surface area contributed by atoms with Gasteiger partial charge in [0.15, 0.2) is 5.78 Å². The van der Waals surface area contributed by atoms with E-state index < -0.39 is 5.92 Å². The summed E-state index contributed by atoms with van der Waals surface area (Å²) < 4.78 is 11.7. The molecule has 0 bridgehead atoms. The number of esters is 1. The van der Waals surface area contributed by atoms with Crippen molar-refractivity contribution in [1.82, 2.24) is 5.32 Å². The van der Waals surface area contributed by atoms with Gasteiger partial charge in [-0.05, 0) is 86.8 Å². The van der Waals surface area contributed by atoms with Crippen molar-refractivity contribution in [2.75, 3.05) is 6.61 Å². The molecule has 2 aliphatic carbocycles. The van der Waals surface area contributed by atoms with E-state index in [0.717, 1.165) is 60.4 Å². The first-order valence-corrected chi connectivity index (χ1v) is 13.8. The van der Waals surface area contributed by atoms with Gasteiger partial charge in [-0.1, -0.05) is 42.8 Å². The molecule has 0 saturated heterocycles. The largest absolute Gasteiger partial charge is 0.494 e. The summed E-state index contributed by atoms with van der Waals surface area (Å²) in [6.07, 6.45) is 5.91. The van der Waals surface area contributed by atoms with Gasteiger partial charge in [0.1, 0.15) is 11.9 Å². The molecule has 2 aromatic carbocycles. The predicted molar refractivity (Wildman–Crippen MR) is 145 cm³/mol. The Labute approximate surface area is 223 Å². The third-order valence-electron chi connectivity index (χ3n) is 7.65. The number of Topliss-reactive ketones (excluding diaryl/α,β-unsaturated/α-hetero) is 1. The topological polar surface area (TPSA) is 64.6 Å². The normalized spacial score (nSPS) is 22.1. The van der Waals surface area contributed by atoms with Crippen LogP contribution in [0.4, 0.5) is 0 Å². The average molecular weight is 520 g/mol. The molecule has 37 heavy (non-hydrogen) atoms. The van der Waals surface area contributed by atoms with Crippen LogP contribution in [0.2, 0.25) is 5.02 Å². The first-order chi connectivity index (χ1) is 17.9. The molecule has 0 spiro atoms. The smallest absolute Gasteiger partial charge is 0.337 e. The first-order valence-electron chi connectivity index (χ1n) is 13.4. The van der Waals surface area contributed by atoms with E-state index in [0.29, 0.717) is 35.6 Å². The lowest BCUT2D eigenvalue weighted by atomic mass is 9.71. The van der Waals surface area contributed by atoms with E-state index in [2.05, 4.69) is 12.2 Å². The second kappa shape index (κ2) is 11.1. The zero-order valence-electron chi connectivity index (χ0n) is 21.5. The van der Waals surface area contributed by atoms with Gasteiger partial charge in [0.25, 0.3) is 0 Å². The van der Waals surface area contributed by atoms with Crippen LogP contribution in [0.1, 0.15) is 81.8 Å². The van der Waals surface area contributed by atoms with Gasteiger partial charge in [0, 0.05) is 34.3 Å². The van der Waals surface area contributed by atoms with E-state index in [4.69, 9.17) is 21.1 Å². The standard InChI is InChI=1S/C31H34ClNO4/c1-3-16-36-24-14-10-21(11-15-24)29-28(31(35)37-25-6-4-5-7-25)19(2)33-26-17-22(18-27(34)30(26)29)20-8-12-23(32)13-9-20/h8-15,22,25,29,33H,3-7,16-18H2,1-2H3. The quantitative estimate of drug-likeness (QED) is 0.400. The number of halogens is 1. The highest BCUT2D eigenvalue weighted by Gasteiger charge is 2.42. The molecule has 1 fully saturated rings. The number of carbonyl (C=O) groups is 2. The number of carbonyl (C=O) groups excluding carboxylic acids is 2. The molecule has 1 aliphatic heterocycles. The summed E-state index contributed by atoms with van der Waals surface area (Å²) in [4.78, 5) is 27.3. The highest BCUT2D eigenvalue weighted by Crippen LogP contribution is 2.46. The number of hydrogen-bond donors (Lipinski definition) is 1. The number of dihydropyridines is 1. The molecule has 0 aromatic heterocycles. The van der Waals surface area contributed by atoms with E-state index in [-0.39, 0.29) is 23.8 Å². The minimum atomic E-state index is -0.468. The van der Waals surface area contributed by atoms with Crippen LogP contribution < -0.4 is 10.1 Å². The number of benzene rings is 2. The molecule has 6 heteroatoms. The van der Waals surface area contributed by atoms with Gasteiger partial charge in [-0.15, -0.1) is 0 Å². The van der Waals surface area contributed by atoms with E-state index in [1.165, 1.54) is 0 Å². The van der Waals surface area contributed by atoms with Crippen LogP contribution in [-0.2, 0) is 14.3 Å².